The van der Waals surface area contributed by atoms with Crippen molar-refractivity contribution in [2.75, 3.05) is 17.2 Å². The molecule has 0 saturated carbocycles. The summed E-state index contributed by atoms with van der Waals surface area (Å²) in [7, 11) is 0. The monoisotopic (exact) mass is 597 g/mol. The molecule has 1 aliphatic rings. The number of carbonyl (C=O) groups is 2. The van der Waals surface area contributed by atoms with Gasteiger partial charge in [-0.3, -0.25) is 19.5 Å². The zero-order valence-corrected chi connectivity index (χ0v) is 23.9. The summed E-state index contributed by atoms with van der Waals surface area (Å²) in [6.45, 7) is -0.0104. The van der Waals surface area contributed by atoms with Gasteiger partial charge in [0.15, 0.2) is 0 Å². The van der Waals surface area contributed by atoms with Gasteiger partial charge >= 0.3 is 0 Å². The minimum Gasteiger partial charge on any atom is -0.349 e. The van der Waals surface area contributed by atoms with Gasteiger partial charge in [0.25, 0.3) is 0 Å². The Bertz CT molecular complexity index is 1730. The van der Waals surface area contributed by atoms with E-state index in [1.807, 2.05) is 60.7 Å². The number of nitrogens with one attached hydrogen (secondary N) is 1. The van der Waals surface area contributed by atoms with Crippen LogP contribution >= 0.6 is 23.4 Å². The number of hydrogen-bond acceptors (Lipinski definition) is 5. The van der Waals surface area contributed by atoms with E-state index in [-0.39, 0.29) is 35.9 Å². The molecule has 3 heterocycles. The highest BCUT2D eigenvalue weighted by Gasteiger charge is 2.37. The van der Waals surface area contributed by atoms with Crippen molar-refractivity contribution in [1.82, 2.24) is 20.1 Å². The first-order chi connectivity index (χ1) is 20.5. The Labute approximate surface area is 251 Å². The van der Waals surface area contributed by atoms with Gasteiger partial charge in [-0.05, 0) is 54.1 Å². The summed E-state index contributed by atoms with van der Waals surface area (Å²) >= 11 is 7.87. The molecule has 1 atom stereocenters. The third-order valence-corrected chi connectivity index (χ3v) is 8.34. The highest BCUT2D eigenvalue weighted by Crippen LogP contribution is 2.48. The number of halogens is 2. The van der Waals surface area contributed by atoms with Crippen molar-refractivity contribution < 1.29 is 14.0 Å². The number of anilines is 1. The second-order valence-electron chi connectivity index (χ2n) is 9.66. The van der Waals surface area contributed by atoms with E-state index in [0.29, 0.717) is 27.9 Å². The van der Waals surface area contributed by atoms with Crippen LogP contribution in [0.4, 0.5) is 10.2 Å². The van der Waals surface area contributed by atoms with E-state index in [2.05, 4.69) is 10.3 Å². The number of nitrogens with zero attached hydrogens (tertiary/aromatic N) is 4. The number of hydrogen-bond donors (Lipinski definition) is 1. The topological polar surface area (TPSA) is 80.1 Å². The second-order valence-corrected chi connectivity index (χ2v) is 11.2. The molecule has 210 valence electrons. The third-order valence-electron chi connectivity index (χ3n) is 6.85. The lowest BCUT2D eigenvalue weighted by Gasteiger charge is -2.23. The van der Waals surface area contributed by atoms with Crippen LogP contribution in [0.15, 0.2) is 103 Å². The number of pyridine rings is 1. The van der Waals surface area contributed by atoms with Crippen molar-refractivity contribution in [3.63, 3.8) is 0 Å². The predicted molar refractivity (Wildman–Crippen MR) is 163 cm³/mol. The zero-order chi connectivity index (χ0) is 29.1. The normalized spacial score (nSPS) is 14.8. The molecular formula is C32H25ClFN5O2S. The van der Waals surface area contributed by atoms with E-state index in [4.69, 9.17) is 16.7 Å². The van der Waals surface area contributed by atoms with Gasteiger partial charge in [-0.2, -0.15) is 5.10 Å². The van der Waals surface area contributed by atoms with Crippen molar-refractivity contribution in [1.29, 1.82) is 0 Å². The fourth-order valence-corrected chi connectivity index (χ4v) is 6.30. The largest absolute Gasteiger partial charge is 0.349 e. The van der Waals surface area contributed by atoms with Gasteiger partial charge < -0.3 is 5.32 Å². The Morgan fingerprint density at radius 3 is 2.52 bits per heavy atom. The Kier molecular flexibility index (Phi) is 8.03. The lowest BCUT2D eigenvalue weighted by atomic mass is 9.99. The summed E-state index contributed by atoms with van der Waals surface area (Å²) in [6.07, 6.45) is 1.66. The summed E-state index contributed by atoms with van der Waals surface area (Å²) < 4.78 is 15.6. The lowest BCUT2D eigenvalue weighted by Crippen LogP contribution is -2.42. The van der Waals surface area contributed by atoms with Crippen LogP contribution in [0.5, 0.6) is 0 Å². The van der Waals surface area contributed by atoms with Gasteiger partial charge in [0.2, 0.25) is 11.8 Å². The molecule has 1 N–H and O–H groups in total. The first kappa shape index (κ1) is 27.7. The van der Waals surface area contributed by atoms with Crippen LogP contribution in [0, 0.1) is 5.82 Å². The molecule has 2 amide bonds. The number of benzene rings is 3. The number of carbonyl (C=O) groups excluding carboxylic acids is 2. The van der Waals surface area contributed by atoms with Crippen LogP contribution in [0.2, 0.25) is 5.02 Å². The molecule has 0 saturated heterocycles. The highest BCUT2D eigenvalue weighted by atomic mass is 35.5. The molecule has 7 nitrogen and oxygen atoms in total. The molecule has 0 bridgehead atoms. The SMILES string of the molecule is O=C(CN1C(=O)CS[C@H](c2cccc(Cl)c2)c2c(-c3ccccc3)nn(-c3ccc(F)cc3)c21)NCc1ccccn1. The highest BCUT2D eigenvalue weighted by molar-refractivity contribution is 8.00. The van der Waals surface area contributed by atoms with Crippen molar-refractivity contribution in [2.45, 2.75) is 11.8 Å². The number of rotatable bonds is 7. The number of fused-ring (bicyclic) bond motifs is 1. The van der Waals surface area contributed by atoms with E-state index in [0.717, 1.165) is 16.7 Å². The molecular weight excluding hydrogens is 573 g/mol. The predicted octanol–water partition coefficient (Wildman–Crippen LogP) is 6.21. The van der Waals surface area contributed by atoms with E-state index in [1.54, 1.807) is 35.1 Å². The Morgan fingerprint density at radius 2 is 1.79 bits per heavy atom. The van der Waals surface area contributed by atoms with Crippen LogP contribution in [-0.4, -0.2) is 38.9 Å². The summed E-state index contributed by atoms with van der Waals surface area (Å²) in [5, 5.41) is 8.12. The number of aromatic nitrogens is 3. The zero-order valence-electron chi connectivity index (χ0n) is 22.3. The van der Waals surface area contributed by atoms with E-state index in [9.17, 15) is 14.0 Å². The molecule has 3 aromatic carbocycles. The Morgan fingerprint density at radius 1 is 1.00 bits per heavy atom. The summed E-state index contributed by atoms with van der Waals surface area (Å²) in [6, 6.07) is 28.6. The molecule has 6 rings (SSSR count). The van der Waals surface area contributed by atoms with Gasteiger partial charge in [-0.15, -0.1) is 11.8 Å². The smallest absolute Gasteiger partial charge is 0.240 e. The average molecular weight is 598 g/mol. The quantitative estimate of drug-likeness (QED) is 0.241. The lowest BCUT2D eigenvalue weighted by molar-refractivity contribution is -0.123. The maximum atomic E-state index is 14.0. The Hall–Kier alpha value is -4.47. The number of thioether (sulfide) groups is 1. The molecule has 0 aliphatic carbocycles. The molecule has 2 aromatic heterocycles. The van der Waals surface area contributed by atoms with E-state index >= 15 is 0 Å². The Balaban J connectivity index is 1.52. The summed E-state index contributed by atoms with van der Waals surface area (Å²) in [5.41, 5.74) is 4.42. The maximum Gasteiger partial charge on any atom is 0.240 e. The average Bonchev–Trinajstić information content (AvgIpc) is 3.33. The van der Waals surface area contributed by atoms with Crippen LogP contribution in [0.25, 0.3) is 16.9 Å². The van der Waals surface area contributed by atoms with Gasteiger partial charge in [0, 0.05) is 22.3 Å². The fraction of sp³-hybridized carbons (Fsp3) is 0.125. The van der Waals surface area contributed by atoms with E-state index in [1.165, 1.54) is 28.8 Å². The molecule has 42 heavy (non-hydrogen) atoms. The fourth-order valence-electron chi connectivity index (χ4n) is 4.91. The first-order valence-corrected chi connectivity index (χ1v) is 14.7. The molecule has 5 aromatic rings. The van der Waals surface area contributed by atoms with Crippen LogP contribution in [0.1, 0.15) is 22.1 Å². The van der Waals surface area contributed by atoms with Crippen LogP contribution in [-0.2, 0) is 16.1 Å². The van der Waals surface area contributed by atoms with Crippen LogP contribution in [0.3, 0.4) is 0 Å². The van der Waals surface area contributed by atoms with Crippen molar-refractivity contribution in [2.24, 2.45) is 0 Å². The van der Waals surface area contributed by atoms with Gasteiger partial charge in [-0.25, -0.2) is 9.07 Å². The summed E-state index contributed by atoms with van der Waals surface area (Å²) in [4.78, 5) is 32.8. The van der Waals surface area contributed by atoms with Crippen LogP contribution < -0.4 is 10.2 Å². The minimum absolute atomic E-state index is 0.122. The third kappa shape index (κ3) is 5.79. The van der Waals surface area contributed by atoms with E-state index < -0.39 is 5.82 Å². The summed E-state index contributed by atoms with van der Waals surface area (Å²) in [5.74, 6) is -0.416. The van der Waals surface area contributed by atoms with Gasteiger partial charge in [0.05, 0.1) is 34.6 Å². The van der Waals surface area contributed by atoms with Crippen molar-refractivity contribution in [3.8, 4) is 16.9 Å². The molecule has 0 unspecified atom stereocenters. The minimum atomic E-state index is -0.394. The second kappa shape index (κ2) is 12.2. The maximum absolute atomic E-state index is 14.0. The van der Waals surface area contributed by atoms with Crippen molar-refractivity contribution in [3.05, 3.63) is 131 Å². The molecule has 1 aliphatic heterocycles. The van der Waals surface area contributed by atoms with Crippen molar-refractivity contribution >= 4 is 41.0 Å². The van der Waals surface area contributed by atoms with Gasteiger partial charge in [-0.1, -0.05) is 60.1 Å². The molecule has 0 spiro atoms. The molecule has 10 heteroatoms. The first-order valence-electron chi connectivity index (χ1n) is 13.3. The van der Waals surface area contributed by atoms with Gasteiger partial charge in [0.1, 0.15) is 18.2 Å². The number of amides is 2. The molecule has 0 fully saturated rings. The standard InChI is InChI=1S/C32H25ClFN5O2S/c33-23-10-6-9-22(17-23)31-29-30(21-7-2-1-3-8-21)37-39(26-14-12-24(34)13-15-26)32(29)38(28(41)20-42-31)19-27(40)36-18-25-11-4-5-16-35-25/h1-17,31H,18-20H2,(H,36,40)/t31-/m1/s1. The molecule has 0 radical (unpaired) electrons.